The highest BCUT2D eigenvalue weighted by Crippen LogP contribution is 2.31. The van der Waals surface area contributed by atoms with Crippen molar-refractivity contribution in [2.45, 2.75) is 6.54 Å². The zero-order chi connectivity index (χ0) is 20.5. The fourth-order valence-corrected chi connectivity index (χ4v) is 4.46. The lowest BCUT2D eigenvalue weighted by Gasteiger charge is -2.20. The lowest BCUT2D eigenvalue weighted by Crippen LogP contribution is -2.30. The van der Waals surface area contributed by atoms with Crippen molar-refractivity contribution in [3.05, 3.63) is 108 Å². The van der Waals surface area contributed by atoms with Crippen LogP contribution in [0.3, 0.4) is 0 Å². The van der Waals surface area contributed by atoms with Gasteiger partial charge in [0.25, 0.3) is 5.91 Å². The Bertz CT molecular complexity index is 1360. The Morgan fingerprint density at radius 3 is 2.47 bits per heavy atom. The zero-order valence-corrected chi connectivity index (χ0v) is 16.8. The summed E-state index contributed by atoms with van der Waals surface area (Å²) in [4.78, 5) is 19.8. The Labute approximate surface area is 177 Å². The number of hydrogen-bond acceptors (Lipinski definition) is 3. The number of carbonyl (C=O) groups excluding carboxylic acids is 1. The first-order valence-electron chi connectivity index (χ1n) is 9.58. The number of fused-ring (bicyclic) bond motifs is 2. The summed E-state index contributed by atoms with van der Waals surface area (Å²) in [5, 5.41) is 2.64. The number of hydrogen-bond donors (Lipinski definition) is 0. The minimum absolute atomic E-state index is 0.135. The molecule has 1 aromatic heterocycles. The van der Waals surface area contributed by atoms with Gasteiger partial charge >= 0.3 is 0 Å². The standard InChI is InChI=1S/C25H17FN2OS/c26-21-12-13-22-23(15-21)30-25(27-22)28(16-17-6-2-1-3-7-17)24(29)20-11-10-18-8-4-5-9-19(18)14-20/h1-15H,16H2. The highest BCUT2D eigenvalue weighted by Gasteiger charge is 2.22. The number of aromatic nitrogens is 1. The Balaban J connectivity index is 1.59. The molecule has 1 amide bonds. The molecule has 0 aliphatic heterocycles. The molecule has 0 bridgehead atoms. The maximum absolute atomic E-state index is 13.7. The van der Waals surface area contributed by atoms with Crippen LogP contribution >= 0.6 is 11.3 Å². The van der Waals surface area contributed by atoms with Crippen molar-refractivity contribution in [2.75, 3.05) is 4.90 Å². The quantitative estimate of drug-likeness (QED) is 0.340. The largest absolute Gasteiger partial charge is 0.279 e. The van der Waals surface area contributed by atoms with Gasteiger partial charge in [-0.2, -0.15) is 0 Å². The second-order valence-electron chi connectivity index (χ2n) is 7.05. The molecule has 5 heteroatoms. The number of benzene rings is 4. The number of halogens is 1. The molecule has 0 aliphatic carbocycles. The zero-order valence-electron chi connectivity index (χ0n) is 16.0. The molecule has 4 aromatic carbocycles. The van der Waals surface area contributed by atoms with Gasteiger partial charge in [0.15, 0.2) is 5.13 Å². The molecule has 0 fully saturated rings. The summed E-state index contributed by atoms with van der Waals surface area (Å²) in [6.07, 6.45) is 0. The molecule has 0 aliphatic rings. The van der Waals surface area contributed by atoms with Crippen LogP contribution in [-0.4, -0.2) is 10.9 Å². The fourth-order valence-electron chi connectivity index (χ4n) is 3.47. The number of nitrogens with zero attached hydrogens (tertiary/aromatic N) is 2. The fraction of sp³-hybridized carbons (Fsp3) is 0.0400. The maximum atomic E-state index is 13.7. The molecule has 3 nitrogen and oxygen atoms in total. The van der Waals surface area contributed by atoms with Gasteiger partial charge in [-0.3, -0.25) is 9.69 Å². The van der Waals surface area contributed by atoms with Crippen LogP contribution in [-0.2, 0) is 6.54 Å². The average molecular weight is 412 g/mol. The Hall–Kier alpha value is -3.57. The number of anilines is 1. The second kappa shape index (κ2) is 7.69. The number of amides is 1. The van der Waals surface area contributed by atoms with E-state index in [4.69, 9.17) is 0 Å². The molecule has 0 saturated heterocycles. The highest BCUT2D eigenvalue weighted by atomic mass is 32.1. The lowest BCUT2D eigenvalue weighted by molar-refractivity contribution is 0.0985. The summed E-state index contributed by atoms with van der Waals surface area (Å²) in [6.45, 7) is 0.384. The van der Waals surface area contributed by atoms with Crippen LogP contribution in [0.25, 0.3) is 21.0 Å². The number of thiazole rings is 1. The maximum Gasteiger partial charge on any atom is 0.260 e. The molecular formula is C25H17FN2OS. The first-order chi connectivity index (χ1) is 14.7. The topological polar surface area (TPSA) is 33.2 Å². The minimum Gasteiger partial charge on any atom is -0.279 e. The van der Waals surface area contributed by atoms with E-state index in [2.05, 4.69) is 4.98 Å². The van der Waals surface area contributed by atoms with Crippen LogP contribution in [0.5, 0.6) is 0 Å². The lowest BCUT2D eigenvalue weighted by atomic mass is 10.1. The van der Waals surface area contributed by atoms with Crippen LogP contribution in [0.4, 0.5) is 9.52 Å². The first-order valence-corrected chi connectivity index (χ1v) is 10.4. The molecule has 5 aromatic rings. The number of rotatable bonds is 4. The summed E-state index contributed by atoms with van der Waals surface area (Å²) >= 11 is 1.32. The Morgan fingerprint density at radius 1 is 0.867 bits per heavy atom. The smallest absolute Gasteiger partial charge is 0.260 e. The highest BCUT2D eigenvalue weighted by molar-refractivity contribution is 7.22. The van der Waals surface area contributed by atoms with E-state index >= 15 is 0 Å². The van der Waals surface area contributed by atoms with Gasteiger partial charge in [-0.25, -0.2) is 9.37 Å². The van der Waals surface area contributed by atoms with Crippen LogP contribution in [0.2, 0.25) is 0 Å². The van der Waals surface area contributed by atoms with Crippen LogP contribution < -0.4 is 4.90 Å². The predicted molar refractivity (Wildman–Crippen MR) is 120 cm³/mol. The Morgan fingerprint density at radius 2 is 1.63 bits per heavy atom. The van der Waals surface area contributed by atoms with E-state index in [0.29, 0.717) is 22.8 Å². The van der Waals surface area contributed by atoms with Gasteiger partial charge in [-0.1, -0.05) is 72.0 Å². The molecule has 0 N–H and O–H groups in total. The van der Waals surface area contributed by atoms with Gasteiger partial charge in [0.1, 0.15) is 5.82 Å². The molecule has 0 spiro atoms. The van der Waals surface area contributed by atoms with E-state index < -0.39 is 0 Å². The van der Waals surface area contributed by atoms with Gasteiger partial charge < -0.3 is 0 Å². The number of carbonyl (C=O) groups is 1. The van der Waals surface area contributed by atoms with Crippen LogP contribution in [0.15, 0.2) is 91.0 Å². The van der Waals surface area contributed by atoms with Gasteiger partial charge in [-0.15, -0.1) is 0 Å². The van der Waals surface area contributed by atoms with E-state index in [9.17, 15) is 9.18 Å². The van der Waals surface area contributed by atoms with Gasteiger partial charge in [0, 0.05) is 5.56 Å². The van der Waals surface area contributed by atoms with E-state index in [1.54, 1.807) is 11.0 Å². The summed E-state index contributed by atoms with van der Waals surface area (Å²) in [7, 11) is 0. The van der Waals surface area contributed by atoms with Crippen molar-refractivity contribution < 1.29 is 9.18 Å². The summed E-state index contributed by atoms with van der Waals surface area (Å²) in [5.74, 6) is -0.447. The third-order valence-electron chi connectivity index (χ3n) is 5.00. The third kappa shape index (κ3) is 3.55. The van der Waals surface area contributed by atoms with E-state index in [-0.39, 0.29) is 11.7 Å². The SMILES string of the molecule is O=C(c1ccc2ccccc2c1)N(Cc1ccccc1)c1nc2ccc(F)cc2s1. The van der Waals surface area contributed by atoms with Crippen molar-refractivity contribution in [3.63, 3.8) is 0 Å². The molecule has 0 radical (unpaired) electrons. The molecule has 5 rings (SSSR count). The van der Waals surface area contributed by atoms with E-state index in [1.807, 2.05) is 72.8 Å². The molecule has 0 unspecified atom stereocenters. The monoisotopic (exact) mass is 412 g/mol. The van der Waals surface area contributed by atoms with E-state index in [0.717, 1.165) is 21.0 Å². The van der Waals surface area contributed by atoms with Crippen molar-refractivity contribution in [1.29, 1.82) is 0 Å². The summed E-state index contributed by atoms with van der Waals surface area (Å²) in [5.41, 5.74) is 2.27. The Kier molecular flexibility index (Phi) is 4.73. The minimum atomic E-state index is -0.312. The molecule has 0 atom stereocenters. The van der Waals surface area contributed by atoms with E-state index in [1.165, 1.54) is 23.5 Å². The predicted octanol–water partition coefficient (Wildman–Crippen LogP) is 6.44. The summed E-state index contributed by atoms with van der Waals surface area (Å²) in [6, 6.07) is 27.9. The van der Waals surface area contributed by atoms with Crippen molar-refractivity contribution in [1.82, 2.24) is 4.98 Å². The molecule has 1 heterocycles. The first kappa shape index (κ1) is 18.5. The third-order valence-corrected chi connectivity index (χ3v) is 6.04. The van der Waals surface area contributed by atoms with Gasteiger partial charge in [0.05, 0.1) is 16.8 Å². The molecule has 30 heavy (non-hydrogen) atoms. The van der Waals surface area contributed by atoms with Crippen LogP contribution in [0.1, 0.15) is 15.9 Å². The molecular weight excluding hydrogens is 395 g/mol. The normalized spacial score (nSPS) is 11.1. The van der Waals surface area contributed by atoms with Crippen molar-refractivity contribution >= 4 is 43.4 Å². The average Bonchev–Trinajstić information content (AvgIpc) is 3.20. The van der Waals surface area contributed by atoms with Gasteiger partial charge in [-0.05, 0) is 46.7 Å². The van der Waals surface area contributed by atoms with Gasteiger partial charge in [0.2, 0.25) is 0 Å². The van der Waals surface area contributed by atoms with Crippen molar-refractivity contribution in [2.24, 2.45) is 0 Å². The molecule has 146 valence electrons. The summed E-state index contributed by atoms with van der Waals surface area (Å²) < 4.78 is 14.4. The van der Waals surface area contributed by atoms with Crippen molar-refractivity contribution in [3.8, 4) is 0 Å². The molecule has 0 saturated carbocycles. The van der Waals surface area contributed by atoms with Crippen LogP contribution in [0, 0.1) is 5.82 Å². The second-order valence-corrected chi connectivity index (χ2v) is 8.06.